The van der Waals surface area contributed by atoms with E-state index in [2.05, 4.69) is 5.32 Å². The van der Waals surface area contributed by atoms with Crippen molar-refractivity contribution in [3.63, 3.8) is 0 Å². The van der Waals surface area contributed by atoms with Gasteiger partial charge in [-0.15, -0.1) is 0 Å². The molecule has 0 saturated carbocycles. The van der Waals surface area contributed by atoms with Gasteiger partial charge in [0.15, 0.2) is 0 Å². The fourth-order valence-electron chi connectivity index (χ4n) is 4.39. The van der Waals surface area contributed by atoms with E-state index in [0.29, 0.717) is 10.0 Å². The van der Waals surface area contributed by atoms with Gasteiger partial charge in [0.1, 0.15) is 12.6 Å². The summed E-state index contributed by atoms with van der Waals surface area (Å²) in [4.78, 5) is 28.8. The second-order valence-corrected chi connectivity index (χ2v) is 12.0. The van der Waals surface area contributed by atoms with Crippen LogP contribution in [0, 0.1) is 0 Å². The van der Waals surface area contributed by atoms with Gasteiger partial charge in [0.2, 0.25) is 11.8 Å². The molecule has 2 amide bonds. The largest absolute Gasteiger partial charge is 0.357 e. The molecule has 0 spiro atoms. The first kappa shape index (κ1) is 30.1. The number of rotatable bonds is 11. The van der Waals surface area contributed by atoms with E-state index in [9.17, 15) is 18.0 Å². The number of amides is 2. The molecule has 0 radical (unpaired) electrons. The molecule has 0 heterocycles. The molecule has 1 atom stereocenters. The molecular formula is C31H29Cl2N3O4S. The van der Waals surface area contributed by atoms with Gasteiger partial charge in [0.25, 0.3) is 10.0 Å². The van der Waals surface area contributed by atoms with Gasteiger partial charge in [-0.05, 0) is 53.6 Å². The first-order valence-corrected chi connectivity index (χ1v) is 15.0. The summed E-state index contributed by atoms with van der Waals surface area (Å²) in [5.41, 5.74) is 1.85. The van der Waals surface area contributed by atoms with Crippen molar-refractivity contribution in [3.8, 4) is 0 Å². The Bertz CT molecular complexity index is 1580. The number of sulfonamides is 1. The average Bonchev–Trinajstić information content (AvgIpc) is 2.98. The molecule has 212 valence electrons. The van der Waals surface area contributed by atoms with Crippen LogP contribution in [0.25, 0.3) is 0 Å². The maximum atomic E-state index is 14.2. The molecule has 0 aliphatic carbocycles. The van der Waals surface area contributed by atoms with Crippen molar-refractivity contribution in [2.75, 3.05) is 17.9 Å². The van der Waals surface area contributed by atoms with Gasteiger partial charge in [-0.25, -0.2) is 8.42 Å². The molecule has 0 fully saturated rings. The Labute approximate surface area is 250 Å². The fourth-order valence-corrected chi connectivity index (χ4v) is 6.11. The Hall–Kier alpha value is -3.85. The topological polar surface area (TPSA) is 86.8 Å². The number of hydrogen-bond donors (Lipinski definition) is 1. The van der Waals surface area contributed by atoms with E-state index in [1.165, 1.54) is 42.3 Å². The SMILES string of the molecule is CNC(=O)[C@H](Cc1ccccc1)N(Cc1ccccc1)C(=O)CN(c1cccc(Cl)c1)S(=O)(=O)c1ccc(Cl)cc1. The number of nitrogens with one attached hydrogen (secondary N) is 1. The highest BCUT2D eigenvalue weighted by Crippen LogP contribution is 2.28. The highest BCUT2D eigenvalue weighted by molar-refractivity contribution is 7.92. The van der Waals surface area contributed by atoms with Crippen molar-refractivity contribution in [1.29, 1.82) is 0 Å². The highest BCUT2D eigenvalue weighted by Gasteiger charge is 2.34. The highest BCUT2D eigenvalue weighted by atomic mass is 35.5. The van der Waals surface area contributed by atoms with E-state index in [1.54, 1.807) is 18.2 Å². The molecule has 0 unspecified atom stereocenters. The molecule has 0 saturated heterocycles. The smallest absolute Gasteiger partial charge is 0.264 e. The molecule has 4 aromatic rings. The number of halogens is 2. The van der Waals surface area contributed by atoms with Crippen LogP contribution in [-0.4, -0.2) is 44.8 Å². The summed E-state index contributed by atoms with van der Waals surface area (Å²) < 4.78 is 28.8. The first-order valence-electron chi connectivity index (χ1n) is 12.8. The molecule has 7 nitrogen and oxygen atoms in total. The van der Waals surface area contributed by atoms with Gasteiger partial charge in [-0.3, -0.25) is 13.9 Å². The van der Waals surface area contributed by atoms with Crippen LogP contribution >= 0.6 is 23.2 Å². The number of benzene rings is 4. The van der Waals surface area contributed by atoms with Gasteiger partial charge in [0, 0.05) is 30.1 Å². The van der Waals surface area contributed by atoms with Crippen LogP contribution in [0.4, 0.5) is 5.69 Å². The second-order valence-electron chi connectivity index (χ2n) is 9.27. The van der Waals surface area contributed by atoms with E-state index in [0.717, 1.165) is 15.4 Å². The number of nitrogens with zero attached hydrogens (tertiary/aromatic N) is 2. The summed E-state index contributed by atoms with van der Waals surface area (Å²) in [6.07, 6.45) is 0.236. The molecule has 0 bridgehead atoms. The number of carbonyl (C=O) groups is 2. The van der Waals surface area contributed by atoms with Gasteiger partial charge in [-0.1, -0.05) is 89.9 Å². The van der Waals surface area contributed by atoms with E-state index < -0.39 is 28.5 Å². The zero-order chi connectivity index (χ0) is 29.4. The predicted octanol–water partition coefficient (Wildman–Crippen LogP) is 5.57. The third-order valence-corrected chi connectivity index (χ3v) is 8.77. The molecule has 41 heavy (non-hydrogen) atoms. The lowest BCUT2D eigenvalue weighted by Gasteiger charge is -2.33. The lowest BCUT2D eigenvalue weighted by molar-refractivity contribution is -0.139. The van der Waals surface area contributed by atoms with Gasteiger partial charge in [0.05, 0.1) is 10.6 Å². The number of anilines is 1. The third kappa shape index (κ3) is 7.67. The Morgan fingerprint density at radius 3 is 1.98 bits per heavy atom. The molecule has 0 aliphatic heterocycles. The van der Waals surface area contributed by atoms with E-state index >= 15 is 0 Å². The van der Waals surface area contributed by atoms with Gasteiger partial charge in [-0.2, -0.15) is 0 Å². The van der Waals surface area contributed by atoms with Crippen LogP contribution in [0.1, 0.15) is 11.1 Å². The minimum Gasteiger partial charge on any atom is -0.357 e. The van der Waals surface area contributed by atoms with E-state index in [4.69, 9.17) is 23.2 Å². The summed E-state index contributed by atoms with van der Waals surface area (Å²) in [7, 11) is -2.72. The lowest BCUT2D eigenvalue weighted by Crippen LogP contribution is -2.53. The first-order chi connectivity index (χ1) is 19.7. The molecule has 0 aromatic heterocycles. The van der Waals surface area contributed by atoms with Crippen LogP contribution in [0.2, 0.25) is 10.0 Å². The summed E-state index contributed by atoms with van der Waals surface area (Å²) in [5, 5.41) is 3.34. The standard InChI is InChI=1S/C31H29Cl2N3O4S/c1-34-31(38)29(19-23-9-4-2-5-10-23)35(21-24-11-6-3-7-12-24)30(37)22-36(27-14-8-13-26(33)20-27)41(39,40)28-17-15-25(32)16-18-28/h2-18,20,29H,19,21-22H2,1H3,(H,34,38)/t29-/m0/s1. The summed E-state index contributed by atoms with van der Waals surface area (Å²) in [6, 6.07) is 29.6. The Morgan fingerprint density at radius 1 is 0.780 bits per heavy atom. The molecule has 10 heteroatoms. The van der Waals surface area contributed by atoms with Crippen molar-refractivity contribution < 1.29 is 18.0 Å². The minimum absolute atomic E-state index is 0.0450. The van der Waals surface area contributed by atoms with Gasteiger partial charge < -0.3 is 10.2 Å². The summed E-state index contributed by atoms with van der Waals surface area (Å²) in [6.45, 7) is -0.477. The molecular weight excluding hydrogens is 581 g/mol. The van der Waals surface area contributed by atoms with Crippen LogP contribution in [0.3, 0.4) is 0 Å². The number of likely N-dealkylation sites (N-methyl/N-ethyl adjacent to an activating group) is 1. The van der Waals surface area contributed by atoms with Crippen LogP contribution in [0.5, 0.6) is 0 Å². The maximum absolute atomic E-state index is 14.2. The quantitative estimate of drug-likeness (QED) is 0.241. The summed E-state index contributed by atoms with van der Waals surface area (Å²) in [5.74, 6) is -0.927. The third-order valence-electron chi connectivity index (χ3n) is 6.49. The van der Waals surface area contributed by atoms with Crippen molar-refractivity contribution in [3.05, 3.63) is 130 Å². The zero-order valence-electron chi connectivity index (χ0n) is 22.3. The molecule has 4 rings (SSSR count). The predicted molar refractivity (Wildman–Crippen MR) is 162 cm³/mol. The van der Waals surface area contributed by atoms with Crippen molar-refractivity contribution in [1.82, 2.24) is 10.2 Å². The van der Waals surface area contributed by atoms with Crippen LogP contribution < -0.4 is 9.62 Å². The zero-order valence-corrected chi connectivity index (χ0v) is 24.6. The Kier molecular flexibility index (Phi) is 10.0. The summed E-state index contributed by atoms with van der Waals surface area (Å²) >= 11 is 12.2. The number of carbonyl (C=O) groups excluding carboxylic acids is 2. The fraction of sp³-hybridized carbons (Fsp3) is 0.161. The monoisotopic (exact) mass is 609 g/mol. The van der Waals surface area contributed by atoms with Crippen molar-refractivity contribution in [2.45, 2.75) is 23.9 Å². The van der Waals surface area contributed by atoms with E-state index in [-0.39, 0.29) is 29.5 Å². The van der Waals surface area contributed by atoms with Crippen molar-refractivity contribution >= 4 is 50.7 Å². The lowest BCUT2D eigenvalue weighted by atomic mass is 10.0. The van der Waals surface area contributed by atoms with Crippen LogP contribution in [-0.2, 0) is 32.6 Å². The molecule has 1 N–H and O–H groups in total. The Morgan fingerprint density at radius 2 is 1.39 bits per heavy atom. The normalized spacial score (nSPS) is 11.9. The minimum atomic E-state index is -4.23. The van der Waals surface area contributed by atoms with Crippen LogP contribution in [0.15, 0.2) is 114 Å². The average molecular weight is 611 g/mol. The van der Waals surface area contributed by atoms with Gasteiger partial charge >= 0.3 is 0 Å². The molecule has 4 aromatic carbocycles. The Balaban J connectivity index is 1.77. The second kappa shape index (κ2) is 13.7. The maximum Gasteiger partial charge on any atom is 0.264 e. The van der Waals surface area contributed by atoms with E-state index in [1.807, 2.05) is 60.7 Å². The molecule has 0 aliphatic rings. The van der Waals surface area contributed by atoms with Crippen molar-refractivity contribution in [2.24, 2.45) is 0 Å². The number of hydrogen-bond acceptors (Lipinski definition) is 4.